The Morgan fingerprint density at radius 3 is 2.38 bits per heavy atom. The van der Waals surface area contributed by atoms with Crippen LogP contribution >= 0.6 is 23.2 Å². The number of phenols is 1. The van der Waals surface area contributed by atoms with Gasteiger partial charge in [-0.15, -0.1) is 0 Å². The van der Waals surface area contributed by atoms with Gasteiger partial charge in [-0.05, 0) is 54.8 Å². The molecule has 0 fully saturated rings. The van der Waals surface area contributed by atoms with Crippen LogP contribution in [0.25, 0.3) is 0 Å². The summed E-state index contributed by atoms with van der Waals surface area (Å²) in [7, 11) is 4.40. The van der Waals surface area contributed by atoms with Crippen LogP contribution in [0.5, 0.6) is 17.2 Å². The maximum atomic E-state index is 13.4. The summed E-state index contributed by atoms with van der Waals surface area (Å²) in [5, 5.41) is 10.5. The molecule has 1 N–H and O–H groups in total. The second-order valence-electron chi connectivity index (χ2n) is 8.13. The fraction of sp³-hybridized carbons (Fsp3) is 0.280. The van der Waals surface area contributed by atoms with Gasteiger partial charge in [0.15, 0.2) is 17.3 Å². The second-order valence-corrected chi connectivity index (χ2v) is 8.97. The van der Waals surface area contributed by atoms with Crippen molar-refractivity contribution in [2.24, 2.45) is 0 Å². The number of methoxy groups -OCH3 is 3. The third-order valence-corrected chi connectivity index (χ3v) is 6.90. The largest absolute Gasteiger partial charge is 0.506 e. The molecule has 4 rings (SSSR count). The van der Waals surface area contributed by atoms with E-state index in [1.807, 2.05) is 24.0 Å². The molecular weight excluding hydrogens is 481 g/mol. The highest BCUT2D eigenvalue weighted by atomic mass is 35.5. The van der Waals surface area contributed by atoms with E-state index in [1.165, 1.54) is 25.3 Å². The van der Waals surface area contributed by atoms with E-state index in [4.69, 9.17) is 37.4 Å². The van der Waals surface area contributed by atoms with Crippen molar-refractivity contribution in [3.63, 3.8) is 0 Å². The third kappa shape index (κ3) is 3.69. The van der Waals surface area contributed by atoms with Gasteiger partial charge >= 0.3 is 5.97 Å². The Balaban J connectivity index is 1.89. The molecule has 1 atom stereocenters. The van der Waals surface area contributed by atoms with Crippen molar-refractivity contribution < 1.29 is 28.9 Å². The van der Waals surface area contributed by atoms with E-state index in [-0.39, 0.29) is 32.5 Å². The van der Waals surface area contributed by atoms with Crippen LogP contribution in [0.4, 0.5) is 0 Å². The van der Waals surface area contributed by atoms with Crippen molar-refractivity contribution in [2.75, 3.05) is 27.9 Å². The molecule has 34 heavy (non-hydrogen) atoms. The molecule has 0 amide bonds. The van der Waals surface area contributed by atoms with Gasteiger partial charge in [-0.1, -0.05) is 23.2 Å². The number of esters is 1. The van der Waals surface area contributed by atoms with Gasteiger partial charge in [0.05, 0.1) is 43.0 Å². The number of ether oxygens (including phenoxy) is 3. The fourth-order valence-corrected chi connectivity index (χ4v) is 5.07. The minimum Gasteiger partial charge on any atom is -0.506 e. The number of halogens is 2. The van der Waals surface area contributed by atoms with Gasteiger partial charge in [-0.25, -0.2) is 4.79 Å². The standard InChI is InChI=1S/C25H23Cl2NO6/c1-25-17-11-21(33-3)20(32-2)8-13(17)5-6-28(25)12-14(7-18(25)24(31)34-4)22(29)16-9-15(26)10-19(27)23(16)30/h7-12,30H,5-6H2,1-4H3. The highest BCUT2D eigenvalue weighted by Crippen LogP contribution is 2.48. The molecule has 1 unspecified atom stereocenters. The topological polar surface area (TPSA) is 85.3 Å². The van der Waals surface area contributed by atoms with E-state index in [0.29, 0.717) is 24.5 Å². The number of carbonyl (C=O) groups excluding carboxylic acids is 2. The Morgan fingerprint density at radius 1 is 1.06 bits per heavy atom. The lowest BCUT2D eigenvalue weighted by Crippen LogP contribution is -2.50. The van der Waals surface area contributed by atoms with Gasteiger partial charge in [0.2, 0.25) is 0 Å². The molecule has 0 aromatic heterocycles. The first-order valence-electron chi connectivity index (χ1n) is 10.4. The maximum absolute atomic E-state index is 13.4. The quantitative estimate of drug-likeness (QED) is 0.468. The van der Waals surface area contributed by atoms with Crippen molar-refractivity contribution in [1.82, 2.24) is 4.90 Å². The zero-order chi connectivity index (χ0) is 24.8. The zero-order valence-electron chi connectivity index (χ0n) is 19.1. The van der Waals surface area contributed by atoms with Crippen LogP contribution in [-0.2, 0) is 21.5 Å². The van der Waals surface area contributed by atoms with Crippen molar-refractivity contribution in [1.29, 1.82) is 0 Å². The normalized spacial score (nSPS) is 18.8. The first-order valence-corrected chi connectivity index (χ1v) is 11.2. The molecule has 2 heterocycles. The second kappa shape index (κ2) is 8.89. The van der Waals surface area contributed by atoms with E-state index in [0.717, 1.165) is 11.1 Å². The molecule has 0 radical (unpaired) electrons. The molecule has 9 heteroatoms. The molecule has 0 saturated carbocycles. The Labute approximate surface area is 207 Å². The van der Waals surface area contributed by atoms with Crippen LogP contribution < -0.4 is 9.47 Å². The molecular formula is C25H23Cl2NO6. The minimum atomic E-state index is -0.933. The van der Waals surface area contributed by atoms with Crippen LogP contribution in [0.15, 0.2) is 47.7 Å². The Hall–Kier alpha value is -3.16. The highest BCUT2D eigenvalue weighted by molar-refractivity contribution is 6.36. The number of fused-ring (bicyclic) bond motifs is 3. The average molecular weight is 504 g/mol. The van der Waals surface area contributed by atoms with Crippen LogP contribution in [-0.4, -0.2) is 49.6 Å². The van der Waals surface area contributed by atoms with Gasteiger partial charge in [0.1, 0.15) is 5.75 Å². The number of ketones is 1. The summed E-state index contributed by atoms with van der Waals surface area (Å²) in [6, 6.07) is 6.44. The number of phenolic OH excluding ortho intramolecular Hbond substituents is 1. The van der Waals surface area contributed by atoms with E-state index in [9.17, 15) is 14.7 Å². The highest BCUT2D eigenvalue weighted by Gasteiger charge is 2.47. The van der Waals surface area contributed by atoms with Crippen LogP contribution in [0.1, 0.15) is 28.4 Å². The van der Waals surface area contributed by atoms with E-state index >= 15 is 0 Å². The maximum Gasteiger partial charge on any atom is 0.336 e. The fourth-order valence-electron chi connectivity index (χ4n) is 4.58. The number of nitrogens with zero attached hydrogens (tertiary/aromatic N) is 1. The lowest BCUT2D eigenvalue weighted by molar-refractivity contribution is -0.137. The summed E-state index contributed by atoms with van der Waals surface area (Å²) in [6.45, 7) is 2.41. The lowest BCUT2D eigenvalue weighted by atomic mass is 9.74. The number of rotatable bonds is 5. The molecule has 0 spiro atoms. The molecule has 2 aliphatic heterocycles. The monoisotopic (exact) mass is 503 g/mol. The first-order chi connectivity index (χ1) is 16.1. The van der Waals surface area contributed by atoms with Crippen molar-refractivity contribution >= 4 is 35.0 Å². The average Bonchev–Trinajstić information content (AvgIpc) is 2.83. The number of hydrogen-bond donors (Lipinski definition) is 1. The van der Waals surface area contributed by atoms with E-state index in [1.54, 1.807) is 20.4 Å². The number of aromatic hydroxyl groups is 1. The molecule has 0 saturated heterocycles. The number of benzene rings is 2. The number of Topliss-reactive ketones (excluding diaryl/α,β-unsaturated/α-hetero) is 1. The molecule has 0 aliphatic carbocycles. The first kappa shape index (κ1) is 24.0. The Bertz CT molecular complexity index is 1270. The number of carbonyl (C=O) groups is 2. The van der Waals surface area contributed by atoms with Crippen molar-refractivity contribution in [3.8, 4) is 17.2 Å². The third-order valence-electron chi connectivity index (χ3n) is 6.39. The van der Waals surface area contributed by atoms with Crippen molar-refractivity contribution in [3.05, 3.63) is 74.4 Å². The summed E-state index contributed by atoms with van der Waals surface area (Å²) in [6.07, 6.45) is 3.82. The minimum absolute atomic E-state index is 0.0396. The van der Waals surface area contributed by atoms with Gasteiger partial charge in [0, 0.05) is 23.3 Å². The van der Waals surface area contributed by atoms with Crippen LogP contribution in [0.2, 0.25) is 10.0 Å². The smallest absolute Gasteiger partial charge is 0.336 e. The molecule has 2 aliphatic rings. The molecule has 178 valence electrons. The van der Waals surface area contributed by atoms with Crippen molar-refractivity contribution in [2.45, 2.75) is 18.9 Å². The van der Waals surface area contributed by atoms with Gasteiger partial charge in [-0.2, -0.15) is 0 Å². The molecule has 0 bridgehead atoms. The molecule has 7 nitrogen and oxygen atoms in total. The predicted octanol–water partition coefficient (Wildman–Crippen LogP) is 4.67. The summed E-state index contributed by atoms with van der Waals surface area (Å²) in [5.74, 6) is -0.361. The lowest BCUT2D eigenvalue weighted by Gasteiger charge is -2.48. The van der Waals surface area contributed by atoms with Gasteiger partial charge in [-0.3, -0.25) is 4.79 Å². The summed E-state index contributed by atoms with van der Waals surface area (Å²) in [4.78, 5) is 28.3. The van der Waals surface area contributed by atoms with E-state index in [2.05, 4.69) is 0 Å². The van der Waals surface area contributed by atoms with Gasteiger partial charge < -0.3 is 24.2 Å². The van der Waals surface area contributed by atoms with Gasteiger partial charge in [0.25, 0.3) is 0 Å². The Morgan fingerprint density at radius 2 is 1.74 bits per heavy atom. The number of allylic oxidation sites excluding steroid dienone is 2. The zero-order valence-corrected chi connectivity index (χ0v) is 20.6. The predicted molar refractivity (Wildman–Crippen MR) is 128 cm³/mol. The summed E-state index contributed by atoms with van der Waals surface area (Å²) in [5.41, 5.74) is 1.30. The van der Waals surface area contributed by atoms with Crippen LogP contribution in [0.3, 0.4) is 0 Å². The van der Waals surface area contributed by atoms with E-state index < -0.39 is 17.3 Å². The summed E-state index contributed by atoms with van der Waals surface area (Å²) < 4.78 is 16.0. The SMILES string of the molecule is COC(=O)C1=CC(C(=O)c2cc(Cl)cc(Cl)c2O)=CN2CCc3cc(OC)c(OC)cc3C12C. The Kier molecular flexibility index (Phi) is 6.27. The van der Waals surface area contributed by atoms with Crippen LogP contribution in [0, 0.1) is 0 Å². The number of hydrogen-bond acceptors (Lipinski definition) is 7. The summed E-state index contributed by atoms with van der Waals surface area (Å²) >= 11 is 12.1. The molecule has 2 aromatic carbocycles. The molecule has 2 aromatic rings.